The minimum atomic E-state index is -3.47. The predicted octanol–water partition coefficient (Wildman–Crippen LogP) is 1.81. The normalized spacial score (nSPS) is 18.8. The van der Waals surface area contributed by atoms with Crippen LogP contribution in [0.25, 0.3) is 0 Å². The highest BCUT2D eigenvalue weighted by atomic mass is 35.5. The quantitative estimate of drug-likeness (QED) is 0.867. The Morgan fingerprint density at radius 1 is 1.53 bits per heavy atom. The Hall–Kier alpha value is -0.210. The van der Waals surface area contributed by atoms with Crippen LogP contribution in [0.4, 0.5) is 0 Å². The van der Waals surface area contributed by atoms with Gasteiger partial charge in [0.05, 0.1) is 6.20 Å². The van der Waals surface area contributed by atoms with Crippen LogP contribution in [0.3, 0.4) is 0 Å². The molecule has 2 rings (SSSR count). The van der Waals surface area contributed by atoms with Crippen molar-refractivity contribution in [2.45, 2.75) is 24.0 Å². The predicted molar refractivity (Wildman–Crippen MR) is 77.2 cm³/mol. The van der Waals surface area contributed by atoms with Crippen LogP contribution in [0.1, 0.15) is 19.8 Å². The molecular weight excluding hydrogens is 306 g/mol. The molecule has 1 aliphatic rings. The molecule has 0 aromatic carbocycles. The van der Waals surface area contributed by atoms with E-state index >= 15 is 0 Å². The van der Waals surface area contributed by atoms with E-state index in [1.807, 2.05) is 0 Å². The maximum absolute atomic E-state index is 12.0. The molecule has 0 amide bonds. The molecule has 1 saturated heterocycles. The fraction of sp³-hybridized carbons (Fsp3) is 0.727. The Morgan fingerprint density at radius 2 is 2.21 bits per heavy atom. The van der Waals surface area contributed by atoms with Gasteiger partial charge in [0.2, 0.25) is 0 Å². The Bertz CT molecular complexity index is 512. The maximum atomic E-state index is 12.0. The van der Waals surface area contributed by atoms with Gasteiger partial charge in [-0.1, -0.05) is 29.9 Å². The molecule has 1 aliphatic heterocycles. The SMILES string of the molecule is CC(CNS(=O)(=O)c1cnc(Cl)s1)CN1CCCC1. The van der Waals surface area contributed by atoms with Crippen LogP contribution in [0.15, 0.2) is 10.4 Å². The van der Waals surface area contributed by atoms with Crippen LogP contribution in [0.2, 0.25) is 4.47 Å². The van der Waals surface area contributed by atoms with Gasteiger partial charge in [0.1, 0.15) is 0 Å². The zero-order valence-corrected chi connectivity index (χ0v) is 13.2. The molecule has 0 saturated carbocycles. The number of sulfonamides is 1. The van der Waals surface area contributed by atoms with Gasteiger partial charge in [-0.05, 0) is 31.8 Å². The Labute approximate surface area is 123 Å². The van der Waals surface area contributed by atoms with Gasteiger partial charge >= 0.3 is 0 Å². The van der Waals surface area contributed by atoms with Crippen molar-refractivity contribution in [3.05, 3.63) is 10.7 Å². The maximum Gasteiger partial charge on any atom is 0.251 e. The number of rotatable bonds is 6. The van der Waals surface area contributed by atoms with Gasteiger partial charge in [-0.2, -0.15) is 0 Å². The minimum Gasteiger partial charge on any atom is -0.303 e. The summed E-state index contributed by atoms with van der Waals surface area (Å²) in [5.41, 5.74) is 0. The molecule has 1 aromatic rings. The van der Waals surface area contributed by atoms with Crippen LogP contribution < -0.4 is 4.72 Å². The van der Waals surface area contributed by atoms with Crippen LogP contribution >= 0.6 is 22.9 Å². The molecular formula is C11H18ClN3O2S2. The molecule has 2 heterocycles. The van der Waals surface area contributed by atoms with Gasteiger partial charge in [0.15, 0.2) is 8.68 Å². The summed E-state index contributed by atoms with van der Waals surface area (Å²) in [7, 11) is -3.47. The molecule has 1 atom stereocenters. The van der Waals surface area contributed by atoms with Crippen LogP contribution in [0, 0.1) is 5.92 Å². The topological polar surface area (TPSA) is 62.3 Å². The fourth-order valence-electron chi connectivity index (χ4n) is 2.16. The van der Waals surface area contributed by atoms with Crippen molar-refractivity contribution in [2.24, 2.45) is 5.92 Å². The number of aromatic nitrogens is 1. The van der Waals surface area contributed by atoms with Crippen molar-refractivity contribution in [1.29, 1.82) is 0 Å². The monoisotopic (exact) mass is 323 g/mol. The second-order valence-electron chi connectivity index (χ2n) is 4.90. The molecule has 1 N–H and O–H groups in total. The second kappa shape index (κ2) is 6.49. The van der Waals surface area contributed by atoms with Gasteiger partial charge in [-0.3, -0.25) is 0 Å². The largest absolute Gasteiger partial charge is 0.303 e. The molecule has 0 aliphatic carbocycles. The summed E-state index contributed by atoms with van der Waals surface area (Å²) < 4.78 is 27.0. The van der Waals surface area contributed by atoms with Crippen molar-refractivity contribution >= 4 is 33.0 Å². The van der Waals surface area contributed by atoms with Gasteiger partial charge in [-0.15, -0.1) is 0 Å². The summed E-state index contributed by atoms with van der Waals surface area (Å²) in [6, 6.07) is 0. The lowest BCUT2D eigenvalue weighted by Crippen LogP contribution is -2.34. The average molecular weight is 324 g/mol. The highest BCUT2D eigenvalue weighted by molar-refractivity contribution is 7.91. The molecule has 1 fully saturated rings. The molecule has 0 spiro atoms. The third kappa shape index (κ3) is 4.39. The van der Waals surface area contributed by atoms with E-state index in [4.69, 9.17) is 11.6 Å². The van der Waals surface area contributed by atoms with Crippen LogP contribution in [-0.2, 0) is 10.0 Å². The highest BCUT2D eigenvalue weighted by Gasteiger charge is 2.20. The molecule has 0 radical (unpaired) electrons. The number of likely N-dealkylation sites (tertiary alicyclic amines) is 1. The second-order valence-corrected chi connectivity index (χ2v) is 8.50. The first-order valence-corrected chi connectivity index (χ1v) is 8.98. The lowest BCUT2D eigenvalue weighted by Gasteiger charge is -2.20. The molecule has 1 aromatic heterocycles. The number of nitrogens with zero attached hydrogens (tertiary/aromatic N) is 2. The van der Waals surface area contributed by atoms with Gasteiger partial charge < -0.3 is 4.90 Å². The van der Waals surface area contributed by atoms with E-state index in [0.29, 0.717) is 6.54 Å². The van der Waals surface area contributed by atoms with Crippen LogP contribution in [-0.4, -0.2) is 44.5 Å². The van der Waals surface area contributed by atoms with Crippen molar-refractivity contribution in [2.75, 3.05) is 26.2 Å². The lowest BCUT2D eigenvalue weighted by molar-refractivity contribution is 0.288. The minimum absolute atomic E-state index is 0.172. The van der Waals surface area contributed by atoms with E-state index < -0.39 is 10.0 Å². The number of halogens is 1. The summed E-state index contributed by atoms with van der Waals surface area (Å²) >= 11 is 6.62. The molecule has 1 unspecified atom stereocenters. The first-order chi connectivity index (χ1) is 8.97. The number of hydrogen-bond acceptors (Lipinski definition) is 5. The highest BCUT2D eigenvalue weighted by Crippen LogP contribution is 2.22. The van der Waals surface area contributed by atoms with E-state index in [2.05, 4.69) is 21.5 Å². The third-order valence-corrected chi connectivity index (χ3v) is 6.11. The van der Waals surface area contributed by atoms with E-state index in [9.17, 15) is 8.42 Å². The van der Waals surface area contributed by atoms with Crippen molar-refractivity contribution in [3.8, 4) is 0 Å². The summed E-state index contributed by atoms with van der Waals surface area (Å²) in [4.78, 5) is 6.13. The smallest absolute Gasteiger partial charge is 0.251 e. The summed E-state index contributed by atoms with van der Waals surface area (Å²) in [6.07, 6.45) is 3.79. The first-order valence-electron chi connectivity index (χ1n) is 6.31. The van der Waals surface area contributed by atoms with E-state index in [0.717, 1.165) is 31.0 Å². The van der Waals surface area contributed by atoms with Crippen molar-refractivity contribution in [1.82, 2.24) is 14.6 Å². The third-order valence-electron chi connectivity index (χ3n) is 3.11. The molecule has 0 bridgehead atoms. The average Bonchev–Trinajstić information content (AvgIpc) is 2.98. The standard InChI is InChI=1S/C11H18ClN3O2S2/c1-9(8-15-4-2-3-5-15)6-14-19(16,17)10-7-13-11(12)18-10/h7,9,14H,2-6,8H2,1H3. The Morgan fingerprint density at radius 3 is 2.79 bits per heavy atom. The summed E-state index contributed by atoms with van der Waals surface area (Å²) in [5.74, 6) is 0.288. The molecule has 108 valence electrons. The molecule has 8 heteroatoms. The molecule has 19 heavy (non-hydrogen) atoms. The number of hydrogen-bond donors (Lipinski definition) is 1. The van der Waals surface area contributed by atoms with E-state index in [1.165, 1.54) is 19.0 Å². The Kier molecular flexibility index (Phi) is 5.19. The summed E-state index contributed by atoms with van der Waals surface area (Å²) in [6.45, 7) is 5.68. The van der Waals surface area contributed by atoms with Crippen molar-refractivity contribution in [3.63, 3.8) is 0 Å². The van der Waals surface area contributed by atoms with E-state index in [-0.39, 0.29) is 14.6 Å². The zero-order chi connectivity index (χ0) is 13.9. The number of nitrogens with one attached hydrogen (secondary N) is 1. The zero-order valence-electron chi connectivity index (χ0n) is 10.8. The van der Waals surface area contributed by atoms with Gasteiger partial charge in [0.25, 0.3) is 10.0 Å². The molecule has 5 nitrogen and oxygen atoms in total. The fourth-order valence-corrected chi connectivity index (χ4v) is 4.66. The first kappa shape index (κ1) is 15.2. The number of thiazole rings is 1. The van der Waals surface area contributed by atoms with Crippen LogP contribution in [0.5, 0.6) is 0 Å². The summed E-state index contributed by atoms with van der Waals surface area (Å²) in [5, 5.41) is 0. The Balaban J connectivity index is 1.83. The lowest BCUT2D eigenvalue weighted by atomic mass is 10.2. The van der Waals surface area contributed by atoms with Gasteiger partial charge in [0, 0.05) is 13.1 Å². The van der Waals surface area contributed by atoms with Crippen molar-refractivity contribution < 1.29 is 8.42 Å². The van der Waals surface area contributed by atoms with E-state index in [1.54, 1.807) is 0 Å². The van der Waals surface area contributed by atoms with Gasteiger partial charge in [-0.25, -0.2) is 18.1 Å².